The van der Waals surface area contributed by atoms with Crippen LogP contribution in [-0.4, -0.2) is 0 Å². The van der Waals surface area contributed by atoms with Crippen LogP contribution in [0.2, 0.25) is 0 Å². The van der Waals surface area contributed by atoms with Gasteiger partial charge in [-0.2, -0.15) is 0 Å². The fourth-order valence-corrected chi connectivity index (χ4v) is 0.728. The lowest BCUT2D eigenvalue weighted by Gasteiger charge is -1.88. The number of hydrogen-bond acceptors (Lipinski definition) is 0. The van der Waals surface area contributed by atoms with E-state index >= 15 is 0 Å². The highest BCUT2D eigenvalue weighted by Crippen LogP contribution is 1.96. The van der Waals surface area contributed by atoms with E-state index in [1.807, 2.05) is 37.3 Å². The third-order valence-corrected chi connectivity index (χ3v) is 1.24. The predicted octanol–water partition coefficient (Wildman–Crippen LogP) is 2.51. The zero-order valence-corrected chi connectivity index (χ0v) is 6.67. The summed E-state index contributed by atoms with van der Waals surface area (Å²) in [5, 5.41) is 0. The van der Waals surface area contributed by atoms with Crippen LogP contribution >= 0.6 is 0 Å². The average Bonchev–Trinajstić information content (AvgIpc) is 2.03. The molecule has 0 aliphatic carbocycles. The van der Waals surface area contributed by atoms with E-state index in [0.29, 0.717) is 0 Å². The van der Waals surface area contributed by atoms with Crippen molar-refractivity contribution in [2.75, 3.05) is 0 Å². The first-order chi connectivity index (χ1) is 5.29. The van der Waals surface area contributed by atoms with E-state index in [2.05, 4.69) is 18.8 Å². The van der Waals surface area contributed by atoms with Crippen molar-refractivity contribution >= 4 is 0 Å². The van der Waals surface area contributed by atoms with E-state index in [9.17, 15) is 0 Å². The van der Waals surface area contributed by atoms with Crippen LogP contribution in [0.1, 0.15) is 12.5 Å². The highest BCUT2D eigenvalue weighted by molar-refractivity contribution is 5.34. The average molecular weight is 143 g/mol. The molecule has 1 rings (SSSR count). The van der Waals surface area contributed by atoms with Gasteiger partial charge in [0.05, 0.1) is 0 Å². The molecule has 0 fully saturated rings. The molecule has 11 heavy (non-hydrogen) atoms. The number of hydrogen-bond donors (Lipinski definition) is 0. The minimum Gasteiger partial charge on any atom is -0.0948 e. The Balaban J connectivity index is 2.75. The van der Waals surface area contributed by atoms with Gasteiger partial charge in [-0.15, -0.1) is 0 Å². The maximum absolute atomic E-state index is 3.78. The van der Waals surface area contributed by atoms with Crippen molar-refractivity contribution in [2.24, 2.45) is 5.92 Å². The van der Waals surface area contributed by atoms with Crippen molar-refractivity contribution in [3.05, 3.63) is 42.8 Å². The molecule has 1 atom stereocenters. The molecule has 1 unspecified atom stereocenters. The summed E-state index contributed by atoms with van der Waals surface area (Å²) in [5.41, 5.74) is 1.06. The lowest BCUT2D eigenvalue weighted by Crippen LogP contribution is -1.79. The van der Waals surface area contributed by atoms with Gasteiger partial charge in [0.15, 0.2) is 0 Å². The molecule has 1 aromatic rings. The molecule has 1 radical (unpaired) electrons. The molecule has 0 amide bonds. The molecule has 0 saturated carbocycles. The largest absolute Gasteiger partial charge is 0.0948 e. The molecule has 0 saturated heterocycles. The van der Waals surface area contributed by atoms with Crippen LogP contribution in [0.15, 0.2) is 30.3 Å². The van der Waals surface area contributed by atoms with Crippen molar-refractivity contribution < 1.29 is 0 Å². The molecule has 55 valence electrons. The lowest BCUT2D eigenvalue weighted by molar-refractivity contribution is 0.977. The van der Waals surface area contributed by atoms with E-state index in [-0.39, 0.29) is 5.92 Å². The molecule has 1 aromatic carbocycles. The van der Waals surface area contributed by atoms with Crippen molar-refractivity contribution in [3.8, 4) is 11.8 Å². The van der Waals surface area contributed by atoms with E-state index in [0.717, 1.165) is 5.56 Å². The first kappa shape index (κ1) is 7.88. The smallest absolute Gasteiger partial charge is 0.0245 e. The molecule has 0 aliphatic heterocycles. The third kappa shape index (κ3) is 2.91. The minimum absolute atomic E-state index is 0.204. The minimum atomic E-state index is 0.204. The standard InChI is InChI=1S/C11H11/c1-10(2)8-9-11-6-4-3-5-7-11/h3-7,10H,1H2,2H3. The van der Waals surface area contributed by atoms with Crippen LogP contribution < -0.4 is 0 Å². The first-order valence-electron chi connectivity index (χ1n) is 3.68. The summed E-state index contributed by atoms with van der Waals surface area (Å²) in [6, 6.07) is 9.94. The second-order valence-electron chi connectivity index (χ2n) is 2.54. The topological polar surface area (TPSA) is 0 Å². The normalized spacial score (nSPS) is 9.00. The van der Waals surface area contributed by atoms with Gasteiger partial charge in [-0.1, -0.05) is 37.0 Å². The molecule has 0 bridgehead atoms. The fourth-order valence-electron chi connectivity index (χ4n) is 0.728. The Morgan fingerprint density at radius 2 is 1.91 bits per heavy atom. The number of benzene rings is 1. The highest BCUT2D eigenvalue weighted by atomic mass is 13.9. The Kier molecular flexibility index (Phi) is 2.74. The molecular weight excluding hydrogens is 132 g/mol. The summed E-state index contributed by atoms with van der Waals surface area (Å²) in [6.07, 6.45) is 0. The van der Waals surface area contributed by atoms with Gasteiger partial charge >= 0.3 is 0 Å². The summed E-state index contributed by atoms with van der Waals surface area (Å²) in [7, 11) is 0. The van der Waals surface area contributed by atoms with E-state index in [1.165, 1.54) is 0 Å². The van der Waals surface area contributed by atoms with Crippen LogP contribution in [0.4, 0.5) is 0 Å². The fraction of sp³-hybridized carbons (Fsp3) is 0.182. The molecule has 0 aliphatic rings. The Labute approximate surface area is 68.3 Å². The van der Waals surface area contributed by atoms with E-state index in [1.54, 1.807) is 0 Å². The summed E-state index contributed by atoms with van der Waals surface area (Å²) in [4.78, 5) is 0. The summed E-state index contributed by atoms with van der Waals surface area (Å²) in [6.45, 7) is 5.76. The van der Waals surface area contributed by atoms with Crippen LogP contribution in [0.25, 0.3) is 0 Å². The summed E-state index contributed by atoms with van der Waals surface area (Å²) < 4.78 is 0. The van der Waals surface area contributed by atoms with Gasteiger partial charge in [0.2, 0.25) is 0 Å². The molecule has 0 heterocycles. The van der Waals surface area contributed by atoms with Crippen LogP contribution in [0.3, 0.4) is 0 Å². The molecule has 0 nitrogen and oxygen atoms in total. The van der Waals surface area contributed by atoms with Crippen LogP contribution in [0.5, 0.6) is 0 Å². The maximum Gasteiger partial charge on any atom is 0.0245 e. The van der Waals surface area contributed by atoms with E-state index < -0.39 is 0 Å². The Morgan fingerprint density at radius 1 is 1.27 bits per heavy atom. The van der Waals surface area contributed by atoms with Crippen LogP contribution in [-0.2, 0) is 0 Å². The molecule has 0 heteroatoms. The zero-order valence-electron chi connectivity index (χ0n) is 6.67. The van der Waals surface area contributed by atoms with Crippen molar-refractivity contribution in [2.45, 2.75) is 6.92 Å². The number of rotatable bonds is 0. The first-order valence-corrected chi connectivity index (χ1v) is 3.68. The molecular formula is C11H11. The van der Waals surface area contributed by atoms with Crippen LogP contribution in [0, 0.1) is 24.7 Å². The van der Waals surface area contributed by atoms with Crippen molar-refractivity contribution in [1.82, 2.24) is 0 Å². The van der Waals surface area contributed by atoms with Gasteiger partial charge in [0.25, 0.3) is 0 Å². The Bertz CT molecular complexity index is 259. The zero-order chi connectivity index (χ0) is 8.10. The molecule has 0 aromatic heterocycles. The molecule has 0 N–H and O–H groups in total. The van der Waals surface area contributed by atoms with Gasteiger partial charge in [-0.05, 0) is 19.1 Å². The second kappa shape index (κ2) is 3.83. The quantitative estimate of drug-likeness (QED) is 0.489. The van der Waals surface area contributed by atoms with Crippen molar-refractivity contribution in [3.63, 3.8) is 0 Å². The summed E-state index contributed by atoms with van der Waals surface area (Å²) in [5.74, 6) is 6.24. The highest BCUT2D eigenvalue weighted by Gasteiger charge is 1.83. The Hall–Kier alpha value is -1.22. The lowest BCUT2D eigenvalue weighted by atomic mass is 10.2. The predicted molar refractivity (Wildman–Crippen MR) is 47.8 cm³/mol. The SMILES string of the molecule is [CH2]C(C)C#Cc1ccccc1. The van der Waals surface area contributed by atoms with Gasteiger partial charge in [-0.3, -0.25) is 0 Å². The summed E-state index contributed by atoms with van der Waals surface area (Å²) >= 11 is 0. The van der Waals surface area contributed by atoms with Gasteiger partial charge in [0.1, 0.15) is 0 Å². The van der Waals surface area contributed by atoms with Gasteiger partial charge in [-0.25, -0.2) is 0 Å². The van der Waals surface area contributed by atoms with Crippen molar-refractivity contribution in [1.29, 1.82) is 0 Å². The van der Waals surface area contributed by atoms with Gasteiger partial charge < -0.3 is 0 Å². The third-order valence-electron chi connectivity index (χ3n) is 1.24. The Morgan fingerprint density at radius 3 is 2.45 bits per heavy atom. The molecule has 0 spiro atoms. The second-order valence-corrected chi connectivity index (χ2v) is 2.54. The van der Waals surface area contributed by atoms with E-state index in [4.69, 9.17) is 0 Å². The van der Waals surface area contributed by atoms with Gasteiger partial charge in [0, 0.05) is 11.5 Å². The monoisotopic (exact) mass is 143 g/mol. The maximum atomic E-state index is 3.78.